The number of amides is 1. The van der Waals surface area contributed by atoms with Gasteiger partial charge in [-0.1, -0.05) is 35.3 Å². The maximum absolute atomic E-state index is 13.3. The number of benzene rings is 2. The van der Waals surface area contributed by atoms with Gasteiger partial charge in [-0.3, -0.25) is 4.79 Å². The summed E-state index contributed by atoms with van der Waals surface area (Å²) in [5.41, 5.74) is 5.30. The van der Waals surface area contributed by atoms with Crippen LogP contribution in [0.1, 0.15) is 40.2 Å². The maximum Gasteiger partial charge on any atom is 0.337 e. The largest absolute Gasteiger partial charge is 0.465 e. The van der Waals surface area contributed by atoms with Crippen molar-refractivity contribution in [1.82, 2.24) is 14.9 Å². The van der Waals surface area contributed by atoms with Crippen LogP contribution < -0.4 is 0 Å². The van der Waals surface area contributed by atoms with Gasteiger partial charge in [0.1, 0.15) is 0 Å². The van der Waals surface area contributed by atoms with Gasteiger partial charge < -0.3 is 14.6 Å². The zero-order valence-corrected chi connectivity index (χ0v) is 20.3. The van der Waals surface area contributed by atoms with E-state index >= 15 is 0 Å². The SMILES string of the molecule is COC(=O)c1ccc(-c2cc(Cl)c(CC3CCN(C4CCc5nc[nH]c5C4)C3=O)c(Cl)c2)cc1. The summed E-state index contributed by atoms with van der Waals surface area (Å²) in [7, 11) is 1.35. The first-order valence-corrected chi connectivity index (χ1v) is 12.2. The first-order valence-electron chi connectivity index (χ1n) is 11.4. The molecule has 0 radical (unpaired) electrons. The molecule has 1 aliphatic carbocycles. The van der Waals surface area contributed by atoms with E-state index < -0.39 is 0 Å². The van der Waals surface area contributed by atoms with Crippen LogP contribution in [-0.2, 0) is 28.8 Å². The van der Waals surface area contributed by atoms with Crippen LogP contribution in [0.2, 0.25) is 10.0 Å². The molecule has 0 saturated carbocycles. The molecule has 1 aromatic heterocycles. The Balaban J connectivity index is 1.29. The molecule has 8 heteroatoms. The second-order valence-corrected chi connectivity index (χ2v) is 9.75. The summed E-state index contributed by atoms with van der Waals surface area (Å²) in [6.45, 7) is 0.761. The molecule has 0 bridgehead atoms. The van der Waals surface area contributed by atoms with E-state index in [4.69, 9.17) is 27.9 Å². The van der Waals surface area contributed by atoms with E-state index in [1.807, 2.05) is 29.2 Å². The summed E-state index contributed by atoms with van der Waals surface area (Å²) < 4.78 is 4.75. The van der Waals surface area contributed by atoms with Gasteiger partial charge in [0.2, 0.25) is 5.91 Å². The molecule has 6 nitrogen and oxygen atoms in total. The minimum absolute atomic E-state index is 0.122. The lowest BCUT2D eigenvalue weighted by Gasteiger charge is -2.31. The number of methoxy groups -OCH3 is 1. The number of nitrogens with one attached hydrogen (secondary N) is 1. The van der Waals surface area contributed by atoms with E-state index in [1.54, 1.807) is 18.5 Å². The Morgan fingerprint density at radius 3 is 2.59 bits per heavy atom. The van der Waals surface area contributed by atoms with E-state index in [0.717, 1.165) is 60.3 Å². The van der Waals surface area contributed by atoms with Gasteiger partial charge in [-0.15, -0.1) is 0 Å². The Labute approximate surface area is 208 Å². The third-order valence-electron chi connectivity index (χ3n) is 6.98. The molecule has 5 rings (SSSR count). The van der Waals surface area contributed by atoms with Crippen LogP contribution in [0.15, 0.2) is 42.7 Å². The lowest BCUT2D eigenvalue weighted by atomic mass is 9.94. The second kappa shape index (κ2) is 9.43. The van der Waals surface area contributed by atoms with E-state index in [2.05, 4.69) is 9.97 Å². The minimum Gasteiger partial charge on any atom is -0.465 e. The van der Waals surface area contributed by atoms with Gasteiger partial charge in [0.25, 0.3) is 0 Å². The van der Waals surface area contributed by atoms with Gasteiger partial charge in [0.15, 0.2) is 0 Å². The number of nitrogens with zero attached hydrogens (tertiary/aromatic N) is 2. The lowest BCUT2D eigenvalue weighted by molar-refractivity contribution is -0.133. The van der Waals surface area contributed by atoms with Crippen molar-refractivity contribution in [2.45, 2.75) is 38.1 Å². The number of esters is 1. The number of carbonyl (C=O) groups is 2. The van der Waals surface area contributed by atoms with E-state index in [1.165, 1.54) is 7.11 Å². The fraction of sp³-hybridized carbons (Fsp3) is 0.346. The molecule has 1 aliphatic heterocycles. The normalized spacial score (nSPS) is 19.9. The highest BCUT2D eigenvalue weighted by atomic mass is 35.5. The number of aromatic amines is 1. The monoisotopic (exact) mass is 497 g/mol. The molecule has 2 heterocycles. The number of aromatic nitrogens is 2. The number of H-pyrrole nitrogens is 1. The molecule has 0 spiro atoms. The first kappa shape index (κ1) is 22.9. The highest BCUT2D eigenvalue weighted by molar-refractivity contribution is 6.36. The highest BCUT2D eigenvalue weighted by Crippen LogP contribution is 2.36. The number of aryl methyl sites for hydroxylation is 1. The molecular formula is C26H25Cl2N3O3. The van der Waals surface area contributed by atoms with Crippen LogP contribution in [0.25, 0.3) is 11.1 Å². The smallest absolute Gasteiger partial charge is 0.337 e. The topological polar surface area (TPSA) is 75.3 Å². The average molecular weight is 498 g/mol. The quantitative estimate of drug-likeness (QED) is 0.496. The van der Waals surface area contributed by atoms with E-state index in [9.17, 15) is 9.59 Å². The summed E-state index contributed by atoms with van der Waals surface area (Å²) >= 11 is 13.3. The molecular weight excluding hydrogens is 473 g/mol. The summed E-state index contributed by atoms with van der Waals surface area (Å²) in [5.74, 6) is -0.322. The predicted molar refractivity (Wildman–Crippen MR) is 131 cm³/mol. The fourth-order valence-electron chi connectivity index (χ4n) is 5.09. The predicted octanol–water partition coefficient (Wildman–Crippen LogP) is 5.12. The van der Waals surface area contributed by atoms with Crippen LogP contribution in [0.4, 0.5) is 0 Å². The molecule has 34 heavy (non-hydrogen) atoms. The lowest BCUT2D eigenvalue weighted by Crippen LogP contribution is -2.41. The number of ether oxygens (including phenoxy) is 1. The number of rotatable bonds is 5. The molecule has 2 aromatic carbocycles. The number of hydrogen-bond acceptors (Lipinski definition) is 4. The molecule has 3 aromatic rings. The van der Waals surface area contributed by atoms with Crippen LogP contribution in [0, 0.1) is 5.92 Å². The molecule has 2 atom stereocenters. The van der Waals surface area contributed by atoms with Crippen molar-refractivity contribution < 1.29 is 14.3 Å². The van der Waals surface area contributed by atoms with Crippen molar-refractivity contribution in [3.05, 3.63) is 75.3 Å². The van der Waals surface area contributed by atoms with Crippen molar-refractivity contribution >= 4 is 35.1 Å². The number of likely N-dealkylation sites (tertiary alicyclic amines) is 1. The summed E-state index contributed by atoms with van der Waals surface area (Å²) in [6, 6.07) is 11.0. The molecule has 1 amide bonds. The molecule has 2 aliphatic rings. The van der Waals surface area contributed by atoms with E-state index in [0.29, 0.717) is 22.0 Å². The standard InChI is InChI=1S/C26H25Cl2N3O3/c1-34-26(33)16-4-2-15(3-5-16)18-11-21(27)20(22(28)12-18)10-17-8-9-31(25(17)32)19-6-7-23-24(13-19)30-14-29-23/h2-5,11-12,14,17,19H,6-10,13H2,1H3,(H,29,30). The molecule has 176 valence electrons. The number of fused-ring (bicyclic) bond motifs is 1. The van der Waals surface area contributed by atoms with Crippen LogP contribution in [-0.4, -0.2) is 46.4 Å². The van der Waals surface area contributed by atoms with Crippen molar-refractivity contribution in [3.63, 3.8) is 0 Å². The highest BCUT2D eigenvalue weighted by Gasteiger charge is 2.38. The Bertz CT molecular complexity index is 1220. The second-order valence-electron chi connectivity index (χ2n) is 8.93. The third-order valence-corrected chi connectivity index (χ3v) is 7.66. The summed E-state index contributed by atoms with van der Waals surface area (Å²) in [4.78, 5) is 34.5. The zero-order valence-electron chi connectivity index (χ0n) is 18.8. The van der Waals surface area contributed by atoms with Crippen molar-refractivity contribution in [1.29, 1.82) is 0 Å². The third kappa shape index (κ3) is 4.32. The van der Waals surface area contributed by atoms with Crippen molar-refractivity contribution in [2.24, 2.45) is 5.92 Å². The van der Waals surface area contributed by atoms with Gasteiger partial charge in [0, 0.05) is 40.7 Å². The van der Waals surface area contributed by atoms with Gasteiger partial charge in [-0.25, -0.2) is 9.78 Å². The molecule has 2 unspecified atom stereocenters. The number of imidazole rings is 1. The maximum atomic E-state index is 13.3. The molecule has 1 saturated heterocycles. The number of halogens is 2. The van der Waals surface area contributed by atoms with Crippen LogP contribution in [0.5, 0.6) is 0 Å². The summed E-state index contributed by atoms with van der Waals surface area (Å²) in [5, 5.41) is 1.09. The van der Waals surface area contributed by atoms with Crippen LogP contribution in [0.3, 0.4) is 0 Å². The molecule has 1 N–H and O–H groups in total. The van der Waals surface area contributed by atoms with E-state index in [-0.39, 0.29) is 23.8 Å². The van der Waals surface area contributed by atoms with Crippen molar-refractivity contribution in [3.8, 4) is 11.1 Å². The molecule has 1 fully saturated rings. The van der Waals surface area contributed by atoms with Gasteiger partial charge in [-0.2, -0.15) is 0 Å². The fourth-order valence-corrected chi connectivity index (χ4v) is 5.73. The van der Waals surface area contributed by atoms with Crippen LogP contribution >= 0.6 is 23.2 Å². The Hall–Kier alpha value is -2.83. The van der Waals surface area contributed by atoms with Gasteiger partial charge in [0.05, 0.1) is 24.7 Å². The number of carbonyl (C=O) groups excluding carboxylic acids is 2. The first-order chi connectivity index (χ1) is 16.4. The Kier molecular flexibility index (Phi) is 6.36. The Morgan fingerprint density at radius 1 is 1.15 bits per heavy atom. The average Bonchev–Trinajstić information content (AvgIpc) is 3.46. The van der Waals surface area contributed by atoms with Gasteiger partial charge in [-0.05, 0) is 66.6 Å². The number of hydrogen-bond donors (Lipinski definition) is 1. The Morgan fingerprint density at radius 2 is 1.88 bits per heavy atom. The van der Waals surface area contributed by atoms with Crippen molar-refractivity contribution in [2.75, 3.05) is 13.7 Å². The zero-order chi connectivity index (χ0) is 23.8. The minimum atomic E-state index is -0.383. The summed E-state index contributed by atoms with van der Waals surface area (Å²) in [6.07, 6.45) is 5.74. The van der Waals surface area contributed by atoms with Gasteiger partial charge >= 0.3 is 5.97 Å².